The van der Waals surface area contributed by atoms with Crippen LogP contribution in [0, 0.1) is 0 Å². The number of ether oxygens (including phenoxy) is 2. The molecule has 1 aliphatic heterocycles. The zero-order valence-corrected chi connectivity index (χ0v) is 16.1. The van der Waals surface area contributed by atoms with E-state index in [9.17, 15) is 9.90 Å². The van der Waals surface area contributed by atoms with Crippen molar-refractivity contribution in [3.05, 3.63) is 23.8 Å². The number of nitrogen functional groups attached to an aromatic ring is 1. The van der Waals surface area contributed by atoms with Crippen LogP contribution in [0.3, 0.4) is 0 Å². The molecule has 0 amide bonds. The molecule has 0 bridgehead atoms. The first-order valence-corrected chi connectivity index (χ1v) is 9.49. The first-order valence-electron chi connectivity index (χ1n) is 9.49. The van der Waals surface area contributed by atoms with Crippen molar-refractivity contribution >= 4 is 17.3 Å². The summed E-state index contributed by atoms with van der Waals surface area (Å²) >= 11 is 0. The Kier molecular flexibility index (Phi) is 7.72. The maximum atomic E-state index is 11.2. The fourth-order valence-corrected chi connectivity index (χ4v) is 3.50. The quantitative estimate of drug-likeness (QED) is 0.654. The summed E-state index contributed by atoms with van der Waals surface area (Å²) in [5.41, 5.74) is 8.99. The highest BCUT2D eigenvalue weighted by Gasteiger charge is 2.23. The summed E-state index contributed by atoms with van der Waals surface area (Å²) in [7, 11) is 0. The van der Waals surface area contributed by atoms with E-state index >= 15 is 0 Å². The summed E-state index contributed by atoms with van der Waals surface area (Å²) in [5, 5.41) is 9.22. The second-order valence-corrected chi connectivity index (χ2v) is 7.12. The van der Waals surface area contributed by atoms with Crippen molar-refractivity contribution in [2.75, 3.05) is 37.0 Å². The third-order valence-corrected chi connectivity index (χ3v) is 4.86. The Morgan fingerprint density at radius 1 is 1.38 bits per heavy atom. The van der Waals surface area contributed by atoms with Crippen molar-refractivity contribution in [2.24, 2.45) is 0 Å². The molecule has 1 atom stereocenters. The average Bonchev–Trinajstić information content (AvgIpc) is 2.61. The zero-order chi connectivity index (χ0) is 19.1. The minimum Gasteiger partial charge on any atom is -0.481 e. The molecule has 6 heteroatoms. The fraction of sp³-hybridized carbons (Fsp3) is 0.650. The van der Waals surface area contributed by atoms with Gasteiger partial charge in [0.2, 0.25) is 0 Å². The molecule has 0 spiro atoms. The first-order chi connectivity index (χ1) is 12.4. The molecule has 26 heavy (non-hydrogen) atoms. The lowest BCUT2D eigenvalue weighted by Crippen LogP contribution is -2.39. The van der Waals surface area contributed by atoms with E-state index in [-0.39, 0.29) is 18.4 Å². The smallest absolute Gasteiger partial charge is 0.304 e. The maximum Gasteiger partial charge on any atom is 0.304 e. The number of carbonyl (C=O) groups is 1. The third-order valence-electron chi connectivity index (χ3n) is 4.86. The summed E-state index contributed by atoms with van der Waals surface area (Å²) in [5.74, 6) is -1.04. The minimum atomic E-state index is -0.831. The summed E-state index contributed by atoms with van der Waals surface area (Å²) in [6.45, 7) is 8.85. The van der Waals surface area contributed by atoms with Crippen molar-refractivity contribution in [3.63, 3.8) is 0 Å². The molecule has 0 aliphatic carbocycles. The molecule has 0 radical (unpaired) electrons. The number of hydrogen-bond donors (Lipinski definition) is 2. The standard InChI is InChI=1S/C20H32N2O4/c1-4-22(17-7-9-25-10-8-17)19-6-5-15(11-18(19)21)16(12-20(23)24)13-26-14(2)3/h5-6,11,14,16-17H,4,7-10,12-13,21H2,1-3H3,(H,23,24). The highest BCUT2D eigenvalue weighted by atomic mass is 16.5. The van der Waals surface area contributed by atoms with E-state index in [1.165, 1.54) is 0 Å². The molecule has 1 aromatic rings. The van der Waals surface area contributed by atoms with E-state index in [0.29, 0.717) is 18.3 Å². The van der Waals surface area contributed by atoms with Crippen LogP contribution in [0.4, 0.5) is 11.4 Å². The molecule has 0 aromatic heterocycles. The van der Waals surface area contributed by atoms with Crippen LogP contribution in [0.15, 0.2) is 18.2 Å². The average molecular weight is 364 g/mol. The number of benzene rings is 1. The molecule has 0 saturated carbocycles. The SMILES string of the molecule is CCN(c1ccc(C(COC(C)C)CC(=O)O)cc1N)C1CCOCC1. The normalized spacial score (nSPS) is 16.6. The number of aliphatic carboxylic acids is 1. The molecule has 6 nitrogen and oxygen atoms in total. The molecule has 1 aliphatic rings. The van der Waals surface area contributed by atoms with Gasteiger partial charge in [-0.3, -0.25) is 4.79 Å². The number of carboxylic acids is 1. The second-order valence-electron chi connectivity index (χ2n) is 7.12. The number of hydrogen-bond acceptors (Lipinski definition) is 5. The maximum absolute atomic E-state index is 11.2. The summed E-state index contributed by atoms with van der Waals surface area (Å²) in [6.07, 6.45) is 2.09. The van der Waals surface area contributed by atoms with Gasteiger partial charge in [0.15, 0.2) is 0 Å². The van der Waals surface area contributed by atoms with Crippen molar-refractivity contribution in [1.82, 2.24) is 0 Å². The van der Waals surface area contributed by atoms with Gasteiger partial charge in [-0.15, -0.1) is 0 Å². The number of nitrogens with two attached hydrogens (primary N) is 1. The first kappa shape index (κ1) is 20.5. The third kappa shape index (κ3) is 5.61. The van der Waals surface area contributed by atoms with E-state index in [1.54, 1.807) is 0 Å². The van der Waals surface area contributed by atoms with E-state index in [1.807, 2.05) is 32.0 Å². The van der Waals surface area contributed by atoms with Crippen molar-refractivity contribution < 1.29 is 19.4 Å². The monoisotopic (exact) mass is 364 g/mol. The molecule has 2 rings (SSSR count). The van der Waals surface area contributed by atoms with Gasteiger partial charge < -0.3 is 25.2 Å². The molecule has 1 unspecified atom stereocenters. The Morgan fingerprint density at radius 2 is 2.08 bits per heavy atom. The molecule has 1 fully saturated rings. The molecular weight excluding hydrogens is 332 g/mol. The Morgan fingerprint density at radius 3 is 2.62 bits per heavy atom. The van der Waals surface area contributed by atoms with Gasteiger partial charge >= 0.3 is 5.97 Å². The van der Waals surface area contributed by atoms with Gasteiger partial charge in [0.25, 0.3) is 0 Å². The number of rotatable bonds is 9. The molecule has 1 saturated heterocycles. The molecule has 3 N–H and O–H groups in total. The minimum absolute atomic E-state index is 0.0307. The molecule has 1 heterocycles. The molecule has 1 aromatic carbocycles. The van der Waals surface area contributed by atoms with Crippen molar-refractivity contribution in [2.45, 2.75) is 58.1 Å². The van der Waals surface area contributed by atoms with Crippen LogP contribution in [0.1, 0.15) is 51.5 Å². The van der Waals surface area contributed by atoms with Crippen LogP contribution in [0.2, 0.25) is 0 Å². The lowest BCUT2D eigenvalue weighted by atomic mass is 9.95. The summed E-state index contributed by atoms with van der Waals surface area (Å²) < 4.78 is 11.1. The van der Waals surface area contributed by atoms with Crippen LogP contribution in [0.25, 0.3) is 0 Å². The van der Waals surface area contributed by atoms with Crippen molar-refractivity contribution in [1.29, 1.82) is 0 Å². The molecule has 146 valence electrons. The summed E-state index contributed by atoms with van der Waals surface area (Å²) in [6, 6.07) is 6.36. The largest absolute Gasteiger partial charge is 0.481 e. The van der Waals surface area contributed by atoms with Gasteiger partial charge in [-0.2, -0.15) is 0 Å². The van der Waals surface area contributed by atoms with E-state index in [2.05, 4.69) is 11.8 Å². The number of nitrogens with zero attached hydrogens (tertiary/aromatic N) is 1. The van der Waals surface area contributed by atoms with Crippen LogP contribution in [-0.4, -0.2) is 49.6 Å². The van der Waals surface area contributed by atoms with Crippen LogP contribution < -0.4 is 10.6 Å². The number of anilines is 2. The van der Waals surface area contributed by atoms with Crippen LogP contribution >= 0.6 is 0 Å². The second kappa shape index (κ2) is 9.78. The van der Waals surface area contributed by atoms with Crippen LogP contribution in [0.5, 0.6) is 0 Å². The highest BCUT2D eigenvalue weighted by Crippen LogP contribution is 2.32. The predicted octanol–water partition coefficient (Wildman–Crippen LogP) is 3.26. The number of carboxylic acid groups (broad SMARTS) is 1. The van der Waals surface area contributed by atoms with Gasteiger partial charge in [0.05, 0.1) is 30.5 Å². The Bertz CT molecular complexity index is 585. The lowest BCUT2D eigenvalue weighted by molar-refractivity contribution is -0.138. The summed E-state index contributed by atoms with van der Waals surface area (Å²) in [4.78, 5) is 13.6. The van der Waals surface area contributed by atoms with E-state index < -0.39 is 5.97 Å². The van der Waals surface area contributed by atoms with Gasteiger partial charge in [0, 0.05) is 31.7 Å². The Balaban J connectivity index is 2.20. The van der Waals surface area contributed by atoms with Crippen molar-refractivity contribution in [3.8, 4) is 0 Å². The van der Waals surface area contributed by atoms with E-state index in [4.69, 9.17) is 15.2 Å². The van der Waals surface area contributed by atoms with Gasteiger partial charge in [0.1, 0.15) is 0 Å². The molecular formula is C20H32N2O4. The van der Waals surface area contributed by atoms with Gasteiger partial charge in [-0.05, 0) is 51.3 Å². The topological polar surface area (TPSA) is 85.0 Å². The zero-order valence-electron chi connectivity index (χ0n) is 16.1. The van der Waals surface area contributed by atoms with Crippen LogP contribution in [-0.2, 0) is 14.3 Å². The lowest BCUT2D eigenvalue weighted by Gasteiger charge is -2.36. The van der Waals surface area contributed by atoms with Gasteiger partial charge in [-0.25, -0.2) is 0 Å². The van der Waals surface area contributed by atoms with E-state index in [0.717, 1.165) is 43.9 Å². The van der Waals surface area contributed by atoms with Gasteiger partial charge in [-0.1, -0.05) is 6.07 Å². The fourth-order valence-electron chi connectivity index (χ4n) is 3.50. The Labute approximate surface area is 156 Å². The highest BCUT2D eigenvalue weighted by molar-refractivity contribution is 5.71. The predicted molar refractivity (Wildman–Crippen MR) is 104 cm³/mol. The Hall–Kier alpha value is -1.79.